The van der Waals surface area contributed by atoms with Crippen LogP contribution in [-0.4, -0.2) is 31.6 Å². The minimum Gasteiger partial charge on any atom is -0.468 e. The molecule has 1 fully saturated rings. The van der Waals surface area contributed by atoms with E-state index in [9.17, 15) is 0 Å². The fraction of sp³-hybridized carbons (Fsp3) is 0.778. The Morgan fingerprint density at radius 2 is 2.33 bits per heavy atom. The Morgan fingerprint density at radius 1 is 1.48 bits per heavy atom. The van der Waals surface area contributed by atoms with Gasteiger partial charge in [-0.2, -0.15) is 0 Å². The Balaban J connectivity index is 1.93. The van der Waals surface area contributed by atoms with Gasteiger partial charge in [0.05, 0.1) is 12.8 Å². The molecule has 21 heavy (non-hydrogen) atoms. The maximum atomic E-state index is 5.49. The number of rotatable bonds is 8. The van der Waals surface area contributed by atoms with Crippen molar-refractivity contribution in [2.24, 2.45) is 11.3 Å². The molecule has 1 N–H and O–H groups in total. The van der Waals surface area contributed by atoms with Crippen molar-refractivity contribution in [2.75, 3.05) is 26.7 Å². The molecule has 1 heterocycles. The highest BCUT2D eigenvalue weighted by molar-refractivity contribution is 4.98. The summed E-state index contributed by atoms with van der Waals surface area (Å²) >= 11 is 0. The third kappa shape index (κ3) is 5.15. The fourth-order valence-electron chi connectivity index (χ4n) is 3.96. The summed E-state index contributed by atoms with van der Waals surface area (Å²) in [5, 5.41) is 3.68. The van der Waals surface area contributed by atoms with Gasteiger partial charge in [-0.05, 0) is 56.3 Å². The van der Waals surface area contributed by atoms with Gasteiger partial charge in [0.2, 0.25) is 0 Å². The minimum absolute atomic E-state index is 0.439. The molecule has 0 bridgehead atoms. The van der Waals surface area contributed by atoms with Crippen LogP contribution in [-0.2, 0) is 6.54 Å². The zero-order valence-electron chi connectivity index (χ0n) is 14.0. The van der Waals surface area contributed by atoms with E-state index in [2.05, 4.69) is 37.2 Å². The molecule has 3 heteroatoms. The van der Waals surface area contributed by atoms with Gasteiger partial charge in [0.1, 0.15) is 5.76 Å². The van der Waals surface area contributed by atoms with Crippen molar-refractivity contribution >= 4 is 0 Å². The standard InChI is InChI=1S/C18H32N2O/c1-4-10-19-14-18(9-5-7-16(2)12-18)15-20(3)13-17-8-6-11-21-17/h6,8,11,16,19H,4-5,7,9-10,12-15H2,1-3H3. The molecule has 1 aliphatic rings. The number of furan rings is 1. The average Bonchev–Trinajstić information content (AvgIpc) is 2.91. The third-order valence-electron chi connectivity index (χ3n) is 4.72. The van der Waals surface area contributed by atoms with Crippen LogP contribution >= 0.6 is 0 Å². The first-order valence-corrected chi connectivity index (χ1v) is 8.55. The summed E-state index contributed by atoms with van der Waals surface area (Å²) in [7, 11) is 2.23. The summed E-state index contributed by atoms with van der Waals surface area (Å²) in [6.07, 6.45) is 8.47. The van der Waals surface area contributed by atoms with E-state index in [0.29, 0.717) is 5.41 Å². The van der Waals surface area contributed by atoms with E-state index >= 15 is 0 Å². The summed E-state index contributed by atoms with van der Waals surface area (Å²) in [6, 6.07) is 4.05. The minimum atomic E-state index is 0.439. The molecule has 0 amide bonds. The van der Waals surface area contributed by atoms with Gasteiger partial charge < -0.3 is 9.73 Å². The van der Waals surface area contributed by atoms with Crippen molar-refractivity contribution in [2.45, 2.75) is 52.5 Å². The van der Waals surface area contributed by atoms with E-state index in [4.69, 9.17) is 4.42 Å². The molecule has 1 saturated carbocycles. The average molecular weight is 292 g/mol. The van der Waals surface area contributed by atoms with Gasteiger partial charge in [-0.3, -0.25) is 4.90 Å². The Morgan fingerprint density at radius 3 is 3.00 bits per heavy atom. The lowest BCUT2D eigenvalue weighted by Crippen LogP contribution is -2.45. The molecule has 2 atom stereocenters. The number of hydrogen-bond donors (Lipinski definition) is 1. The second-order valence-corrected chi connectivity index (χ2v) is 7.13. The van der Waals surface area contributed by atoms with Gasteiger partial charge in [0, 0.05) is 13.1 Å². The summed E-state index contributed by atoms with van der Waals surface area (Å²) in [6.45, 7) is 9.03. The number of nitrogens with one attached hydrogen (secondary N) is 1. The SMILES string of the molecule is CCCNCC1(CN(C)Cc2ccco2)CCCC(C)C1. The molecule has 1 aromatic heterocycles. The lowest BCUT2D eigenvalue weighted by Gasteiger charge is -2.42. The summed E-state index contributed by atoms with van der Waals surface area (Å²) in [4.78, 5) is 2.44. The Labute approximate surface area is 130 Å². The van der Waals surface area contributed by atoms with Gasteiger partial charge >= 0.3 is 0 Å². The highest BCUT2D eigenvalue weighted by Crippen LogP contribution is 2.39. The van der Waals surface area contributed by atoms with Crippen LogP contribution in [0.15, 0.2) is 22.8 Å². The van der Waals surface area contributed by atoms with Crippen LogP contribution in [0.3, 0.4) is 0 Å². The molecule has 120 valence electrons. The topological polar surface area (TPSA) is 28.4 Å². The van der Waals surface area contributed by atoms with Crippen LogP contribution in [0.5, 0.6) is 0 Å². The first-order chi connectivity index (χ1) is 10.1. The highest BCUT2D eigenvalue weighted by Gasteiger charge is 2.35. The van der Waals surface area contributed by atoms with Gasteiger partial charge in [-0.1, -0.05) is 26.7 Å². The molecule has 2 unspecified atom stereocenters. The zero-order valence-corrected chi connectivity index (χ0v) is 14.0. The predicted octanol–water partition coefficient (Wildman–Crippen LogP) is 3.91. The number of nitrogens with zero attached hydrogens (tertiary/aromatic N) is 1. The number of hydrogen-bond acceptors (Lipinski definition) is 3. The van der Waals surface area contributed by atoms with E-state index in [0.717, 1.165) is 37.9 Å². The second kappa shape index (κ2) is 8.00. The third-order valence-corrected chi connectivity index (χ3v) is 4.72. The highest BCUT2D eigenvalue weighted by atomic mass is 16.3. The predicted molar refractivity (Wildman–Crippen MR) is 88.3 cm³/mol. The van der Waals surface area contributed by atoms with Crippen molar-refractivity contribution in [3.05, 3.63) is 24.2 Å². The van der Waals surface area contributed by atoms with Crippen LogP contribution in [0.4, 0.5) is 0 Å². The van der Waals surface area contributed by atoms with Gasteiger partial charge in [-0.15, -0.1) is 0 Å². The normalized spacial score (nSPS) is 26.4. The lowest BCUT2D eigenvalue weighted by molar-refractivity contribution is 0.0862. The van der Waals surface area contributed by atoms with Crippen LogP contribution in [0.25, 0.3) is 0 Å². The molecule has 2 rings (SSSR count). The van der Waals surface area contributed by atoms with E-state index < -0.39 is 0 Å². The van der Waals surface area contributed by atoms with Crippen molar-refractivity contribution < 1.29 is 4.42 Å². The van der Waals surface area contributed by atoms with E-state index in [1.165, 1.54) is 32.1 Å². The smallest absolute Gasteiger partial charge is 0.117 e. The second-order valence-electron chi connectivity index (χ2n) is 7.13. The van der Waals surface area contributed by atoms with Crippen LogP contribution < -0.4 is 5.32 Å². The summed E-state index contributed by atoms with van der Waals surface area (Å²) < 4.78 is 5.49. The van der Waals surface area contributed by atoms with Gasteiger partial charge in [-0.25, -0.2) is 0 Å². The lowest BCUT2D eigenvalue weighted by atomic mass is 9.69. The largest absolute Gasteiger partial charge is 0.468 e. The van der Waals surface area contributed by atoms with Crippen LogP contribution in [0.1, 0.15) is 51.7 Å². The van der Waals surface area contributed by atoms with Crippen molar-refractivity contribution in [1.29, 1.82) is 0 Å². The maximum Gasteiger partial charge on any atom is 0.117 e. The molecule has 1 aromatic rings. The Hall–Kier alpha value is -0.800. The molecule has 3 nitrogen and oxygen atoms in total. The van der Waals surface area contributed by atoms with Crippen LogP contribution in [0.2, 0.25) is 0 Å². The molecule has 0 spiro atoms. The molecule has 0 aliphatic heterocycles. The molecule has 0 saturated heterocycles. The van der Waals surface area contributed by atoms with Crippen molar-refractivity contribution in [1.82, 2.24) is 10.2 Å². The Bertz CT molecular complexity index is 390. The Kier molecular flexibility index (Phi) is 6.31. The van der Waals surface area contributed by atoms with Crippen molar-refractivity contribution in [3.63, 3.8) is 0 Å². The molecule has 0 radical (unpaired) electrons. The van der Waals surface area contributed by atoms with E-state index in [1.54, 1.807) is 6.26 Å². The molecule has 0 aromatic carbocycles. The first-order valence-electron chi connectivity index (χ1n) is 8.55. The van der Waals surface area contributed by atoms with E-state index in [-0.39, 0.29) is 0 Å². The van der Waals surface area contributed by atoms with E-state index in [1.807, 2.05) is 6.07 Å². The van der Waals surface area contributed by atoms with Crippen molar-refractivity contribution in [3.8, 4) is 0 Å². The maximum absolute atomic E-state index is 5.49. The zero-order chi connectivity index (χ0) is 15.1. The van der Waals surface area contributed by atoms with Crippen LogP contribution in [0, 0.1) is 11.3 Å². The first kappa shape index (κ1) is 16.6. The molecular formula is C18H32N2O. The monoisotopic (exact) mass is 292 g/mol. The summed E-state index contributed by atoms with van der Waals surface area (Å²) in [5.74, 6) is 1.93. The van der Waals surface area contributed by atoms with Gasteiger partial charge in [0.25, 0.3) is 0 Å². The molecular weight excluding hydrogens is 260 g/mol. The van der Waals surface area contributed by atoms with Gasteiger partial charge in [0.15, 0.2) is 0 Å². The fourth-order valence-corrected chi connectivity index (χ4v) is 3.96. The molecule has 1 aliphatic carbocycles. The quantitative estimate of drug-likeness (QED) is 0.736. The summed E-state index contributed by atoms with van der Waals surface area (Å²) in [5.41, 5.74) is 0.439.